The monoisotopic (exact) mass is 337 g/mol. The zero-order valence-corrected chi connectivity index (χ0v) is 12.4. The molecule has 0 fully saturated rings. The Kier molecular flexibility index (Phi) is 5.14. The third-order valence-corrected chi connectivity index (χ3v) is 3.15. The Bertz CT molecular complexity index is 695. The lowest BCUT2D eigenvalue weighted by Crippen LogP contribution is -2.31. The molecule has 0 aromatic carbocycles. The van der Waals surface area contributed by atoms with E-state index in [0.29, 0.717) is 0 Å². The molecule has 0 spiro atoms. The largest absolute Gasteiger partial charge is 0.480 e. The second-order valence-corrected chi connectivity index (χ2v) is 4.87. The molecule has 2 rings (SSSR count). The average Bonchev–Trinajstić information content (AvgIpc) is 3.07. The molecule has 2 aromatic rings. The summed E-state index contributed by atoms with van der Waals surface area (Å²) in [4.78, 5) is 41.9. The zero-order chi connectivity index (χ0) is 17.7. The Balaban J connectivity index is 2.15. The first kappa shape index (κ1) is 17.0. The minimum Gasteiger partial charge on any atom is -0.480 e. The van der Waals surface area contributed by atoms with Crippen molar-refractivity contribution in [3.8, 4) is 0 Å². The molecule has 3 N–H and O–H groups in total. The highest BCUT2D eigenvalue weighted by Crippen LogP contribution is 2.09. The van der Waals surface area contributed by atoms with Crippen molar-refractivity contribution in [1.82, 2.24) is 24.0 Å². The van der Waals surface area contributed by atoms with E-state index in [0.717, 1.165) is 4.90 Å². The molecule has 0 radical (unpaired) electrons. The van der Waals surface area contributed by atoms with Gasteiger partial charge in [0.2, 0.25) is 0 Å². The Morgan fingerprint density at radius 3 is 1.62 bits per heavy atom. The van der Waals surface area contributed by atoms with Crippen molar-refractivity contribution in [2.45, 2.75) is 26.2 Å². The SMILES string of the molecule is O=C(O)Cn1ccnc1CN(Cc1nccn1CC(=O)O)C(=O)O. The second-order valence-electron chi connectivity index (χ2n) is 4.87. The van der Waals surface area contributed by atoms with E-state index in [2.05, 4.69) is 9.97 Å². The fourth-order valence-electron chi connectivity index (χ4n) is 2.10. The summed E-state index contributed by atoms with van der Waals surface area (Å²) < 4.78 is 2.64. The van der Waals surface area contributed by atoms with Gasteiger partial charge in [-0.3, -0.25) is 14.5 Å². The van der Waals surface area contributed by atoms with Crippen LogP contribution in [0.25, 0.3) is 0 Å². The van der Waals surface area contributed by atoms with Crippen molar-refractivity contribution in [2.75, 3.05) is 0 Å². The third-order valence-electron chi connectivity index (χ3n) is 3.15. The first-order valence-electron chi connectivity index (χ1n) is 6.78. The van der Waals surface area contributed by atoms with Gasteiger partial charge in [0.05, 0.1) is 13.1 Å². The van der Waals surface area contributed by atoms with Crippen molar-refractivity contribution in [1.29, 1.82) is 0 Å². The molecule has 1 amide bonds. The van der Waals surface area contributed by atoms with Crippen LogP contribution in [0.5, 0.6) is 0 Å². The van der Waals surface area contributed by atoms with Gasteiger partial charge in [-0.25, -0.2) is 14.8 Å². The number of amides is 1. The minimum atomic E-state index is -1.26. The number of aliphatic carboxylic acids is 2. The minimum absolute atomic E-state index is 0.157. The number of carboxylic acids is 2. The highest BCUT2D eigenvalue weighted by Gasteiger charge is 2.19. The normalized spacial score (nSPS) is 10.5. The van der Waals surface area contributed by atoms with E-state index >= 15 is 0 Å². The van der Waals surface area contributed by atoms with Crippen LogP contribution < -0.4 is 0 Å². The number of aromatic nitrogens is 4. The summed E-state index contributed by atoms with van der Waals surface area (Å²) in [5.74, 6) is -1.63. The van der Waals surface area contributed by atoms with Gasteiger partial charge in [0, 0.05) is 24.8 Å². The molecule has 0 bridgehead atoms. The summed E-state index contributed by atoms with van der Waals surface area (Å²) >= 11 is 0. The predicted molar refractivity (Wildman–Crippen MR) is 77.0 cm³/mol. The van der Waals surface area contributed by atoms with Gasteiger partial charge in [-0.1, -0.05) is 0 Å². The summed E-state index contributed by atoms with van der Waals surface area (Å²) in [5.41, 5.74) is 0. The smallest absolute Gasteiger partial charge is 0.408 e. The van der Waals surface area contributed by atoms with Crippen LogP contribution in [0.1, 0.15) is 11.6 Å². The lowest BCUT2D eigenvalue weighted by Gasteiger charge is -2.19. The Labute approximate surface area is 135 Å². The van der Waals surface area contributed by atoms with E-state index in [1.807, 2.05) is 0 Å². The van der Waals surface area contributed by atoms with Crippen molar-refractivity contribution in [2.24, 2.45) is 0 Å². The van der Waals surface area contributed by atoms with Gasteiger partial charge in [0.1, 0.15) is 24.7 Å². The highest BCUT2D eigenvalue weighted by molar-refractivity contribution is 5.67. The topological polar surface area (TPSA) is 151 Å². The number of hydrogen-bond donors (Lipinski definition) is 3. The molecule has 0 atom stereocenters. The summed E-state index contributed by atoms with van der Waals surface area (Å²) in [6, 6.07) is 0. The predicted octanol–water partition coefficient (Wildman–Crippen LogP) is -0.0710. The van der Waals surface area contributed by atoms with Crippen LogP contribution >= 0.6 is 0 Å². The van der Waals surface area contributed by atoms with Crippen LogP contribution in [0.4, 0.5) is 4.79 Å². The van der Waals surface area contributed by atoms with E-state index in [4.69, 9.17) is 10.2 Å². The molecule has 24 heavy (non-hydrogen) atoms. The number of carboxylic acid groups (broad SMARTS) is 3. The molecule has 2 heterocycles. The first-order chi connectivity index (χ1) is 11.4. The van der Waals surface area contributed by atoms with Gasteiger partial charge in [0.15, 0.2) is 0 Å². The van der Waals surface area contributed by atoms with E-state index in [1.54, 1.807) is 0 Å². The zero-order valence-electron chi connectivity index (χ0n) is 12.4. The Morgan fingerprint density at radius 2 is 1.29 bits per heavy atom. The van der Waals surface area contributed by atoms with E-state index in [9.17, 15) is 19.5 Å². The summed E-state index contributed by atoms with van der Waals surface area (Å²) in [6.07, 6.45) is 4.38. The maximum Gasteiger partial charge on any atom is 0.408 e. The molecule has 0 unspecified atom stereocenters. The Morgan fingerprint density at radius 1 is 0.875 bits per heavy atom. The molecule has 11 heteroatoms. The van der Waals surface area contributed by atoms with Crippen LogP contribution in [-0.2, 0) is 35.8 Å². The van der Waals surface area contributed by atoms with Crippen LogP contribution in [0, 0.1) is 0 Å². The van der Waals surface area contributed by atoms with Crippen molar-refractivity contribution in [3.05, 3.63) is 36.4 Å². The van der Waals surface area contributed by atoms with Crippen LogP contribution in [0.2, 0.25) is 0 Å². The van der Waals surface area contributed by atoms with Gasteiger partial charge in [-0.2, -0.15) is 0 Å². The fraction of sp³-hybridized carbons (Fsp3) is 0.308. The first-order valence-corrected chi connectivity index (χ1v) is 6.78. The number of nitrogens with zero attached hydrogens (tertiary/aromatic N) is 5. The molecular weight excluding hydrogens is 322 g/mol. The quantitative estimate of drug-likeness (QED) is 0.605. The molecule has 0 aliphatic rings. The lowest BCUT2D eigenvalue weighted by molar-refractivity contribution is -0.138. The standard InChI is InChI=1S/C13H15N5O6/c19-11(20)7-16-3-1-14-9(16)5-18(13(23)24)6-10-15-2-4-17(10)8-12(21)22/h1-4H,5-8H2,(H,19,20)(H,21,22)(H,23,24). The van der Waals surface area contributed by atoms with Gasteiger partial charge in [-0.05, 0) is 0 Å². The summed E-state index contributed by atoms with van der Waals surface area (Å²) in [7, 11) is 0. The maximum absolute atomic E-state index is 11.4. The van der Waals surface area contributed by atoms with Crippen molar-refractivity contribution in [3.63, 3.8) is 0 Å². The lowest BCUT2D eigenvalue weighted by atomic mass is 10.4. The molecule has 128 valence electrons. The fourth-order valence-corrected chi connectivity index (χ4v) is 2.10. The number of imidazole rings is 2. The second kappa shape index (κ2) is 7.26. The molecule has 2 aromatic heterocycles. The highest BCUT2D eigenvalue weighted by atomic mass is 16.4. The Hall–Kier alpha value is -3.37. The van der Waals surface area contributed by atoms with Crippen molar-refractivity contribution < 1.29 is 29.7 Å². The molecule has 0 saturated carbocycles. The van der Waals surface area contributed by atoms with Gasteiger partial charge in [-0.15, -0.1) is 0 Å². The van der Waals surface area contributed by atoms with Crippen molar-refractivity contribution >= 4 is 18.0 Å². The van der Waals surface area contributed by atoms with Crippen LogP contribution in [0.3, 0.4) is 0 Å². The van der Waals surface area contributed by atoms with Gasteiger partial charge < -0.3 is 24.5 Å². The third kappa shape index (κ3) is 4.32. The van der Waals surface area contributed by atoms with E-state index in [-0.39, 0.29) is 37.8 Å². The maximum atomic E-state index is 11.4. The number of carbonyl (C=O) groups is 3. The van der Waals surface area contributed by atoms with Crippen LogP contribution in [0.15, 0.2) is 24.8 Å². The molecule has 11 nitrogen and oxygen atoms in total. The van der Waals surface area contributed by atoms with E-state index < -0.39 is 18.0 Å². The summed E-state index contributed by atoms with van der Waals surface area (Å²) in [6.45, 7) is -0.988. The number of rotatable bonds is 8. The molecule has 0 saturated heterocycles. The number of hydrogen-bond acceptors (Lipinski definition) is 5. The van der Waals surface area contributed by atoms with Gasteiger partial charge >= 0.3 is 18.0 Å². The van der Waals surface area contributed by atoms with E-state index in [1.165, 1.54) is 33.9 Å². The molecular formula is C13H15N5O6. The summed E-state index contributed by atoms with van der Waals surface area (Å²) in [5, 5.41) is 27.0. The van der Waals surface area contributed by atoms with Crippen LogP contribution in [-0.4, -0.2) is 57.4 Å². The van der Waals surface area contributed by atoms with Gasteiger partial charge in [0.25, 0.3) is 0 Å². The average molecular weight is 337 g/mol. The molecule has 0 aliphatic heterocycles. The molecule has 0 aliphatic carbocycles.